The lowest BCUT2D eigenvalue weighted by Gasteiger charge is -2.33. The molecule has 0 spiro atoms. The average molecular weight is 370 g/mol. The maximum Gasteiger partial charge on any atom is 0.266 e. The monoisotopic (exact) mass is 369 g/mol. The fraction of sp³-hybridized carbons (Fsp3) is 0.500. The number of hydrogen-bond acceptors (Lipinski definition) is 5. The highest BCUT2D eigenvalue weighted by Crippen LogP contribution is 2.28. The van der Waals surface area contributed by atoms with E-state index in [4.69, 9.17) is 0 Å². The van der Waals surface area contributed by atoms with Crippen molar-refractivity contribution in [2.24, 2.45) is 0 Å². The fourth-order valence-electron chi connectivity index (χ4n) is 1.74. The molecule has 2 rings (SSSR count). The molecule has 1 aliphatic rings. The Bertz CT molecular complexity index is 554. The zero-order chi connectivity index (χ0) is 13.3. The maximum atomic E-state index is 12.4. The zero-order valence-electron chi connectivity index (χ0n) is 9.63. The molecular formula is C10H12BrNO3S3. The van der Waals surface area contributed by atoms with Crippen LogP contribution in [0.15, 0.2) is 15.9 Å². The molecule has 1 aromatic rings. The number of hydrogen-bond donors (Lipinski definition) is 0. The minimum absolute atomic E-state index is 0.201. The smallest absolute Gasteiger partial charge is 0.266 e. The van der Waals surface area contributed by atoms with Gasteiger partial charge in [0.05, 0.1) is 0 Å². The van der Waals surface area contributed by atoms with Crippen LogP contribution in [0, 0.1) is 0 Å². The molecule has 0 aliphatic carbocycles. The zero-order valence-corrected chi connectivity index (χ0v) is 13.7. The minimum atomic E-state index is -3.25. The van der Waals surface area contributed by atoms with Gasteiger partial charge in [0, 0.05) is 28.8 Å². The summed E-state index contributed by atoms with van der Waals surface area (Å²) in [6, 6.07) is 1.80. The van der Waals surface area contributed by atoms with E-state index in [1.807, 2.05) is 5.38 Å². The third-order valence-corrected chi connectivity index (χ3v) is 7.12. The predicted octanol–water partition coefficient (Wildman–Crippen LogP) is 2.07. The first-order valence-electron chi connectivity index (χ1n) is 5.22. The van der Waals surface area contributed by atoms with Gasteiger partial charge in [0.2, 0.25) is 0 Å². The van der Waals surface area contributed by atoms with Crippen LogP contribution in [0.25, 0.3) is 0 Å². The summed E-state index contributed by atoms with van der Waals surface area (Å²) in [5.41, 5.74) is 0. The SMILES string of the molecule is CS(=O)(=O)C1CSCCN1C(=O)c1sccc1Br. The van der Waals surface area contributed by atoms with Crippen molar-refractivity contribution in [1.29, 1.82) is 0 Å². The van der Waals surface area contributed by atoms with Crippen LogP contribution in [0.1, 0.15) is 9.67 Å². The number of nitrogens with zero attached hydrogens (tertiary/aromatic N) is 1. The normalized spacial score (nSPS) is 21.0. The van der Waals surface area contributed by atoms with Crippen molar-refractivity contribution in [1.82, 2.24) is 4.90 Å². The molecule has 1 atom stereocenters. The first-order valence-corrected chi connectivity index (χ1v) is 10.00. The number of thioether (sulfide) groups is 1. The average Bonchev–Trinajstić information content (AvgIpc) is 2.73. The Labute approximate surface area is 123 Å². The molecule has 2 heterocycles. The van der Waals surface area contributed by atoms with E-state index in [-0.39, 0.29) is 5.91 Å². The van der Waals surface area contributed by atoms with Crippen LogP contribution in [0.2, 0.25) is 0 Å². The van der Waals surface area contributed by atoms with Gasteiger partial charge in [-0.1, -0.05) is 0 Å². The Kier molecular flexibility index (Phi) is 4.40. The van der Waals surface area contributed by atoms with Gasteiger partial charge in [0.1, 0.15) is 10.3 Å². The molecule has 1 aromatic heterocycles. The number of carbonyl (C=O) groups excluding carboxylic acids is 1. The van der Waals surface area contributed by atoms with Gasteiger partial charge in [-0.15, -0.1) is 11.3 Å². The maximum absolute atomic E-state index is 12.4. The highest BCUT2D eigenvalue weighted by Gasteiger charge is 2.35. The minimum Gasteiger partial charge on any atom is -0.319 e. The number of amides is 1. The molecular weight excluding hydrogens is 358 g/mol. The molecule has 100 valence electrons. The third-order valence-electron chi connectivity index (χ3n) is 2.65. The van der Waals surface area contributed by atoms with Crippen molar-refractivity contribution in [3.63, 3.8) is 0 Å². The quantitative estimate of drug-likeness (QED) is 0.800. The van der Waals surface area contributed by atoms with Gasteiger partial charge in [0.25, 0.3) is 5.91 Å². The highest BCUT2D eigenvalue weighted by molar-refractivity contribution is 9.10. The molecule has 1 unspecified atom stereocenters. The topological polar surface area (TPSA) is 54.5 Å². The standard InChI is InChI=1S/C10H12BrNO3S3/c1-18(14,15)8-6-16-5-3-12(8)10(13)9-7(11)2-4-17-9/h2,4,8H,3,5-6H2,1H3. The van der Waals surface area contributed by atoms with Gasteiger partial charge >= 0.3 is 0 Å². The van der Waals surface area contributed by atoms with E-state index >= 15 is 0 Å². The molecule has 1 aliphatic heterocycles. The van der Waals surface area contributed by atoms with E-state index in [9.17, 15) is 13.2 Å². The summed E-state index contributed by atoms with van der Waals surface area (Å²) >= 11 is 6.21. The molecule has 4 nitrogen and oxygen atoms in total. The highest BCUT2D eigenvalue weighted by atomic mass is 79.9. The van der Waals surface area contributed by atoms with Crippen LogP contribution in [0.5, 0.6) is 0 Å². The number of rotatable bonds is 2. The molecule has 0 N–H and O–H groups in total. The van der Waals surface area contributed by atoms with Crippen LogP contribution in [0.4, 0.5) is 0 Å². The van der Waals surface area contributed by atoms with Crippen LogP contribution >= 0.6 is 39.0 Å². The Morgan fingerprint density at radius 3 is 2.83 bits per heavy atom. The summed E-state index contributed by atoms with van der Waals surface area (Å²) in [6.45, 7) is 0.478. The van der Waals surface area contributed by atoms with Gasteiger partial charge in [-0.25, -0.2) is 8.42 Å². The molecule has 1 saturated heterocycles. The van der Waals surface area contributed by atoms with E-state index in [1.165, 1.54) is 22.5 Å². The molecule has 1 fully saturated rings. The number of carbonyl (C=O) groups is 1. The number of halogens is 1. The van der Waals surface area contributed by atoms with Crippen LogP contribution in [-0.2, 0) is 9.84 Å². The van der Waals surface area contributed by atoms with E-state index in [1.54, 1.807) is 17.8 Å². The van der Waals surface area contributed by atoms with E-state index in [2.05, 4.69) is 15.9 Å². The first kappa shape index (κ1) is 14.4. The van der Waals surface area contributed by atoms with Crippen molar-refractivity contribution in [3.8, 4) is 0 Å². The summed E-state index contributed by atoms with van der Waals surface area (Å²) in [5, 5.41) is 1.10. The van der Waals surface area contributed by atoms with Crippen molar-refractivity contribution in [2.75, 3.05) is 24.3 Å². The van der Waals surface area contributed by atoms with Crippen LogP contribution in [0.3, 0.4) is 0 Å². The first-order chi connectivity index (χ1) is 8.41. The molecule has 0 aromatic carbocycles. The second kappa shape index (κ2) is 5.52. The molecule has 0 radical (unpaired) electrons. The molecule has 18 heavy (non-hydrogen) atoms. The van der Waals surface area contributed by atoms with E-state index < -0.39 is 15.2 Å². The molecule has 0 bridgehead atoms. The van der Waals surface area contributed by atoms with Gasteiger partial charge < -0.3 is 4.90 Å². The molecule has 0 saturated carbocycles. The summed E-state index contributed by atoms with van der Waals surface area (Å²) in [4.78, 5) is 14.4. The largest absolute Gasteiger partial charge is 0.319 e. The Morgan fingerprint density at radius 1 is 1.56 bits per heavy atom. The lowest BCUT2D eigenvalue weighted by atomic mass is 10.4. The second-order valence-corrected chi connectivity index (χ2v) is 9.08. The van der Waals surface area contributed by atoms with Crippen molar-refractivity contribution >= 4 is 54.8 Å². The summed E-state index contributed by atoms with van der Waals surface area (Å²) in [7, 11) is -3.25. The Hall–Kier alpha value is -0.0500. The van der Waals surface area contributed by atoms with Crippen molar-refractivity contribution in [2.45, 2.75) is 5.37 Å². The van der Waals surface area contributed by atoms with Crippen molar-refractivity contribution in [3.05, 3.63) is 20.8 Å². The van der Waals surface area contributed by atoms with Gasteiger partial charge in [-0.3, -0.25) is 4.79 Å². The fourth-order valence-corrected chi connectivity index (χ4v) is 6.06. The number of sulfone groups is 1. The van der Waals surface area contributed by atoms with Gasteiger partial charge in [-0.05, 0) is 27.4 Å². The molecule has 1 amide bonds. The Balaban J connectivity index is 2.30. The van der Waals surface area contributed by atoms with Crippen LogP contribution in [-0.4, -0.2) is 48.9 Å². The van der Waals surface area contributed by atoms with E-state index in [0.717, 1.165) is 10.2 Å². The van der Waals surface area contributed by atoms with Gasteiger partial charge in [0.15, 0.2) is 9.84 Å². The lowest BCUT2D eigenvalue weighted by Crippen LogP contribution is -2.49. The van der Waals surface area contributed by atoms with E-state index in [0.29, 0.717) is 17.2 Å². The summed E-state index contributed by atoms with van der Waals surface area (Å²) in [6.07, 6.45) is 1.19. The second-order valence-electron chi connectivity index (χ2n) is 3.96. The predicted molar refractivity (Wildman–Crippen MR) is 79.0 cm³/mol. The van der Waals surface area contributed by atoms with Gasteiger partial charge in [-0.2, -0.15) is 11.8 Å². The lowest BCUT2D eigenvalue weighted by molar-refractivity contribution is 0.0753. The summed E-state index contributed by atoms with van der Waals surface area (Å²) < 4.78 is 24.2. The Morgan fingerprint density at radius 2 is 2.28 bits per heavy atom. The molecule has 8 heteroatoms. The third kappa shape index (κ3) is 2.92. The van der Waals surface area contributed by atoms with Crippen molar-refractivity contribution < 1.29 is 13.2 Å². The number of thiophene rings is 1. The van der Waals surface area contributed by atoms with Crippen LogP contribution < -0.4 is 0 Å². The summed E-state index contributed by atoms with van der Waals surface area (Å²) in [5.74, 6) is 1.03.